The van der Waals surface area contributed by atoms with Crippen LogP contribution in [-0.4, -0.2) is 27.9 Å². The van der Waals surface area contributed by atoms with E-state index in [0.717, 1.165) is 44.9 Å². The number of carboxylic acid groups (broad SMARTS) is 1. The Balaban J connectivity index is 1.66. The Bertz CT molecular complexity index is 715. The Morgan fingerprint density at radius 1 is 1.19 bits per heavy atom. The highest BCUT2D eigenvalue weighted by Crippen LogP contribution is 2.67. The van der Waals surface area contributed by atoms with E-state index in [4.69, 9.17) is 0 Å². The van der Waals surface area contributed by atoms with Gasteiger partial charge >= 0.3 is 0 Å². The van der Waals surface area contributed by atoms with Gasteiger partial charge in [0.1, 0.15) is 11.6 Å². The molecule has 0 radical (unpaired) electrons. The van der Waals surface area contributed by atoms with Gasteiger partial charge in [-0.25, -0.2) is 0 Å². The second-order valence-electron chi connectivity index (χ2n) is 9.55. The van der Waals surface area contributed by atoms with E-state index in [1.807, 2.05) is 0 Å². The molecule has 0 aromatic rings. The zero-order valence-corrected chi connectivity index (χ0v) is 15.8. The molecule has 0 saturated heterocycles. The minimum Gasteiger partial charge on any atom is -0.537 e. The quantitative estimate of drug-likeness (QED) is 0.512. The molecule has 0 unspecified atom stereocenters. The summed E-state index contributed by atoms with van der Waals surface area (Å²) < 4.78 is 0. The molecule has 26 heavy (non-hydrogen) atoms. The average Bonchev–Trinajstić information content (AvgIpc) is 2.86. The summed E-state index contributed by atoms with van der Waals surface area (Å²) >= 11 is 0. The molecule has 0 amide bonds. The van der Waals surface area contributed by atoms with Gasteiger partial charge in [0.15, 0.2) is 0 Å². The highest BCUT2D eigenvalue weighted by Gasteiger charge is 2.63. The fourth-order valence-corrected chi connectivity index (χ4v) is 7.02. The summed E-state index contributed by atoms with van der Waals surface area (Å²) in [5, 5.41) is 32.1. The number of carbonyl (C=O) groups is 1. The van der Waals surface area contributed by atoms with Crippen LogP contribution in [0.3, 0.4) is 0 Å². The van der Waals surface area contributed by atoms with Crippen molar-refractivity contribution in [2.45, 2.75) is 76.9 Å². The van der Waals surface area contributed by atoms with Crippen molar-refractivity contribution < 1.29 is 20.1 Å². The van der Waals surface area contributed by atoms with E-state index in [2.05, 4.69) is 31.8 Å². The van der Waals surface area contributed by atoms with E-state index < -0.39 is 11.6 Å². The number of fused-ring (bicyclic) bond motifs is 5. The molecule has 142 valence electrons. The van der Waals surface area contributed by atoms with Gasteiger partial charge in [0.05, 0.1) is 6.10 Å². The van der Waals surface area contributed by atoms with Crippen LogP contribution in [0.25, 0.3) is 0 Å². The standard InChI is InChI=1S/C22H30O4/c1-20-9-5-15(23)13-14(20)3-4-16-17(20)6-10-21(2)18(16)7-11-22(21,26)12-8-19(24)25/h3,15-18,23,26H,4-7,9-11,13H2,1-2H3,(H,24,25)/p-1/t15-,16+,17-,18+,20-,21+,22+/m0/s1. The summed E-state index contributed by atoms with van der Waals surface area (Å²) in [5.41, 5.74) is 0.0232. The lowest BCUT2D eigenvalue weighted by Crippen LogP contribution is -2.54. The summed E-state index contributed by atoms with van der Waals surface area (Å²) in [6.45, 7) is 4.48. The first-order valence-corrected chi connectivity index (χ1v) is 10.0. The third kappa shape index (κ3) is 2.40. The minimum atomic E-state index is -1.42. The van der Waals surface area contributed by atoms with Gasteiger partial charge in [-0.2, -0.15) is 0 Å². The molecular weight excluding hydrogens is 328 g/mol. The predicted octanol–water partition coefficient (Wildman–Crippen LogP) is 1.79. The lowest BCUT2D eigenvalue weighted by Gasteiger charge is -2.58. The third-order valence-electron chi connectivity index (χ3n) is 8.60. The highest BCUT2D eigenvalue weighted by molar-refractivity contribution is 5.84. The maximum atomic E-state index is 11.2. The van der Waals surface area contributed by atoms with Crippen LogP contribution < -0.4 is 5.11 Å². The van der Waals surface area contributed by atoms with Gasteiger partial charge in [0, 0.05) is 5.41 Å². The largest absolute Gasteiger partial charge is 0.537 e. The van der Waals surface area contributed by atoms with Crippen LogP contribution in [0.1, 0.15) is 65.2 Å². The normalized spacial score (nSPS) is 49.8. The van der Waals surface area contributed by atoms with Gasteiger partial charge in [-0.3, -0.25) is 0 Å². The monoisotopic (exact) mass is 357 g/mol. The second-order valence-corrected chi connectivity index (χ2v) is 9.55. The van der Waals surface area contributed by atoms with Crippen LogP contribution in [0.5, 0.6) is 0 Å². The molecule has 4 heteroatoms. The first kappa shape index (κ1) is 18.1. The second kappa shape index (κ2) is 5.84. The number of hydrogen-bond donors (Lipinski definition) is 2. The molecule has 3 fully saturated rings. The summed E-state index contributed by atoms with van der Waals surface area (Å²) in [6.07, 6.45) is 9.26. The van der Waals surface area contributed by atoms with Crippen LogP contribution in [0.15, 0.2) is 11.6 Å². The van der Waals surface area contributed by atoms with Crippen molar-refractivity contribution in [2.24, 2.45) is 28.6 Å². The molecule has 2 N–H and O–H groups in total. The van der Waals surface area contributed by atoms with Crippen molar-refractivity contribution in [3.05, 3.63) is 11.6 Å². The zero-order chi connectivity index (χ0) is 18.7. The molecule has 4 aliphatic rings. The SMILES string of the molecule is C[C@]12CC[C@H](O)CC1=CC[C@H]1[C@H]3CC[C@@](O)(C#CC(=O)[O-])[C@]3(C)CC[C@@H]12. The number of aliphatic hydroxyl groups is 2. The maximum Gasteiger partial charge on any atom is 0.131 e. The highest BCUT2D eigenvalue weighted by atomic mass is 16.4. The van der Waals surface area contributed by atoms with E-state index in [1.165, 1.54) is 5.57 Å². The molecule has 4 rings (SSSR count). The molecule has 0 bridgehead atoms. The van der Waals surface area contributed by atoms with E-state index in [-0.39, 0.29) is 16.9 Å². The zero-order valence-electron chi connectivity index (χ0n) is 15.8. The molecule has 0 spiro atoms. The Labute approximate surface area is 155 Å². The lowest BCUT2D eigenvalue weighted by molar-refractivity contribution is -0.296. The fourth-order valence-electron chi connectivity index (χ4n) is 7.02. The molecule has 4 nitrogen and oxygen atoms in total. The number of allylic oxidation sites excluding steroid dienone is 1. The van der Waals surface area contributed by atoms with E-state index in [9.17, 15) is 20.1 Å². The topological polar surface area (TPSA) is 80.6 Å². The van der Waals surface area contributed by atoms with Crippen LogP contribution >= 0.6 is 0 Å². The minimum absolute atomic E-state index is 0.168. The lowest BCUT2D eigenvalue weighted by atomic mass is 9.47. The predicted molar refractivity (Wildman–Crippen MR) is 95.4 cm³/mol. The fraction of sp³-hybridized carbons (Fsp3) is 0.773. The van der Waals surface area contributed by atoms with Crippen molar-refractivity contribution in [1.29, 1.82) is 0 Å². The van der Waals surface area contributed by atoms with E-state index in [0.29, 0.717) is 24.2 Å². The molecule has 4 aliphatic carbocycles. The Morgan fingerprint density at radius 3 is 2.65 bits per heavy atom. The molecule has 3 saturated carbocycles. The van der Waals surface area contributed by atoms with Crippen LogP contribution in [0, 0.1) is 40.4 Å². The molecule has 0 aromatic heterocycles. The van der Waals surface area contributed by atoms with Crippen molar-refractivity contribution in [1.82, 2.24) is 0 Å². The molecule has 7 atom stereocenters. The van der Waals surface area contributed by atoms with Gasteiger partial charge < -0.3 is 20.1 Å². The van der Waals surface area contributed by atoms with Gasteiger partial charge in [-0.1, -0.05) is 31.4 Å². The van der Waals surface area contributed by atoms with Gasteiger partial charge in [0.25, 0.3) is 0 Å². The number of carboxylic acids is 1. The Morgan fingerprint density at radius 2 is 1.92 bits per heavy atom. The van der Waals surface area contributed by atoms with Crippen LogP contribution in [-0.2, 0) is 4.79 Å². The third-order valence-corrected chi connectivity index (χ3v) is 8.60. The maximum absolute atomic E-state index is 11.2. The Hall–Kier alpha value is -1.31. The first-order valence-electron chi connectivity index (χ1n) is 10.0. The van der Waals surface area contributed by atoms with E-state index >= 15 is 0 Å². The number of carbonyl (C=O) groups excluding carboxylic acids is 1. The van der Waals surface area contributed by atoms with Gasteiger partial charge in [-0.05, 0) is 80.5 Å². The van der Waals surface area contributed by atoms with Crippen molar-refractivity contribution in [3.8, 4) is 11.8 Å². The number of hydrogen-bond acceptors (Lipinski definition) is 4. The average molecular weight is 357 g/mol. The molecule has 0 aromatic carbocycles. The number of rotatable bonds is 0. The van der Waals surface area contributed by atoms with Crippen molar-refractivity contribution >= 4 is 5.97 Å². The molecule has 0 heterocycles. The summed E-state index contributed by atoms with van der Waals surface area (Å²) in [5.74, 6) is 4.78. The van der Waals surface area contributed by atoms with Crippen LogP contribution in [0.4, 0.5) is 0 Å². The van der Waals surface area contributed by atoms with Crippen LogP contribution in [0.2, 0.25) is 0 Å². The van der Waals surface area contributed by atoms with Crippen molar-refractivity contribution in [2.75, 3.05) is 0 Å². The smallest absolute Gasteiger partial charge is 0.131 e. The number of aliphatic carboxylic acids is 1. The Kier molecular flexibility index (Phi) is 4.06. The summed E-state index contributed by atoms with van der Waals surface area (Å²) in [7, 11) is 0. The summed E-state index contributed by atoms with van der Waals surface area (Å²) in [4.78, 5) is 10.8. The molecular formula is C22H29O4-. The molecule has 0 aliphatic heterocycles. The van der Waals surface area contributed by atoms with Crippen molar-refractivity contribution in [3.63, 3.8) is 0 Å². The van der Waals surface area contributed by atoms with Gasteiger partial charge in [-0.15, -0.1) is 0 Å². The summed E-state index contributed by atoms with van der Waals surface area (Å²) in [6, 6.07) is 0. The van der Waals surface area contributed by atoms with Gasteiger partial charge in [0.2, 0.25) is 0 Å². The first-order chi connectivity index (χ1) is 12.2. The number of aliphatic hydroxyl groups excluding tert-OH is 1. The van der Waals surface area contributed by atoms with E-state index in [1.54, 1.807) is 0 Å².